The van der Waals surface area contributed by atoms with Crippen molar-refractivity contribution in [2.45, 2.75) is 127 Å². The molecule has 106 heavy (non-hydrogen) atoms. The number of ether oxygens (including phenoxy) is 2. The number of anilines is 4. The molecule has 0 unspecified atom stereocenters. The summed E-state index contributed by atoms with van der Waals surface area (Å²) in [5.41, 5.74) is 14.6. The average molecular weight is 1570 g/mol. The number of nitrogen functional groups attached to an aromatic ring is 2. The standard InChI is InChI=1S/C15H23N5O2.C12H18N4O4S.2C8H8ClN5.C8H11N3O2S.C7H16O2.C6H4ClN5/c1-4-20-18-14(17-19-20)12-5-6-13(16-11-12)22-10-8-15(2,3)7-9-21;1-12(2,3)20-11(17)16-7-6-15(21(16,18)19)9-4-5-14-10(13)8-9;2*1-2-14-12-8(11-13-14)6-3-4-7(9)10-5-6;9-8-6-7(2-3-10-8)11-4-1-5-14(11,12)13;1-7(2,3-5-8)4-6-9;7-5-2-1-4(3-8-5)6-9-11-12-10-6/h5-6,11,21H,4,7-10H2,1-3H3;4-5,8H,6-7H2,1-3H3,(H2,13,14);2*3-5H,2H2,1H3;2-3,6H,1,4-5H2,(H2,9,10);8-9H,3-6H2,1-2H3;1-3H,(H,9,10,11,12). The Morgan fingerprint density at radius 1 is 0.538 bits per heavy atom. The Hall–Kier alpha value is -9.90. The monoisotopic (exact) mass is 1560 g/mol. The molecule has 2 aliphatic heterocycles. The van der Waals surface area contributed by atoms with E-state index >= 15 is 0 Å². The van der Waals surface area contributed by atoms with Gasteiger partial charge in [-0.25, -0.2) is 43.1 Å². The second-order valence-electron chi connectivity index (χ2n) is 25.2. The fraction of sp³-hybridized carbons (Fsp3) is 0.453. The van der Waals surface area contributed by atoms with Crippen molar-refractivity contribution >= 4 is 84.1 Å². The number of sulfonamides is 1. The Morgan fingerprint density at radius 3 is 1.31 bits per heavy atom. The van der Waals surface area contributed by atoms with E-state index in [1.165, 1.54) is 43.2 Å². The zero-order chi connectivity index (χ0) is 77.7. The minimum atomic E-state index is -3.96. The Morgan fingerprint density at radius 2 is 0.962 bits per heavy atom. The van der Waals surface area contributed by atoms with Crippen molar-refractivity contribution in [3.8, 4) is 51.4 Å². The number of aliphatic hydroxyl groups excluding tert-OH is 3. The summed E-state index contributed by atoms with van der Waals surface area (Å²) in [6, 6.07) is 20.3. The first-order chi connectivity index (χ1) is 50.3. The largest absolute Gasteiger partial charge is 0.478 e. The van der Waals surface area contributed by atoms with Crippen molar-refractivity contribution in [3.05, 3.63) is 125 Å². The molecule has 2 fully saturated rings. The van der Waals surface area contributed by atoms with Crippen molar-refractivity contribution in [1.82, 2.24) is 115 Å². The molecule has 0 aliphatic carbocycles. The molecular weight excluding hydrogens is 1480 g/mol. The Bertz CT molecular complexity index is 4410. The van der Waals surface area contributed by atoms with Crippen LogP contribution in [0, 0.1) is 10.8 Å². The minimum Gasteiger partial charge on any atom is -0.478 e. The number of pyridine rings is 6. The Kier molecular flexibility index (Phi) is 32.5. The van der Waals surface area contributed by atoms with E-state index in [-0.39, 0.29) is 55.3 Å². The van der Waals surface area contributed by atoms with Crippen molar-refractivity contribution in [1.29, 1.82) is 0 Å². The first-order valence-electron chi connectivity index (χ1n) is 33.1. The third-order valence-electron chi connectivity index (χ3n) is 14.8. The van der Waals surface area contributed by atoms with Gasteiger partial charge >= 0.3 is 16.3 Å². The van der Waals surface area contributed by atoms with E-state index in [1.807, 2.05) is 52.8 Å². The third-order valence-corrected chi connectivity index (χ3v) is 19.1. The van der Waals surface area contributed by atoms with E-state index in [0.29, 0.717) is 101 Å². The van der Waals surface area contributed by atoms with Gasteiger partial charge in [0.2, 0.25) is 39.2 Å². The molecule has 2 saturated heterocycles. The van der Waals surface area contributed by atoms with Gasteiger partial charge < -0.3 is 36.3 Å². The smallest absolute Gasteiger partial charge is 0.425 e. The van der Waals surface area contributed by atoms with E-state index in [2.05, 4.69) is 111 Å². The van der Waals surface area contributed by atoms with Gasteiger partial charge in [0, 0.05) is 104 Å². The molecule has 0 spiro atoms. The summed E-state index contributed by atoms with van der Waals surface area (Å²) in [6.07, 6.45) is 12.4. The molecule has 12 heterocycles. The predicted molar refractivity (Wildman–Crippen MR) is 398 cm³/mol. The number of aliphatic hydroxyl groups is 3. The number of H-pyrrole nitrogens is 1. The summed E-state index contributed by atoms with van der Waals surface area (Å²) in [5.74, 6) is 3.54. The van der Waals surface area contributed by atoms with Crippen LogP contribution in [0.1, 0.15) is 101 Å². The summed E-state index contributed by atoms with van der Waals surface area (Å²) in [7, 11) is -7.07. The molecule has 0 saturated carbocycles. The number of aromatic nitrogens is 22. The molecule has 0 radical (unpaired) electrons. The number of carbonyl (C=O) groups excluding carboxylic acids is 1. The highest BCUT2D eigenvalue weighted by atomic mass is 35.5. The van der Waals surface area contributed by atoms with Gasteiger partial charge in [0.15, 0.2) is 0 Å². The summed E-state index contributed by atoms with van der Waals surface area (Å²) >= 11 is 16.9. The molecule has 10 aromatic heterocycles. The van der Waals surface area contributed by atoms with Crippen molar-refractivity contribution in [3.63, 3.8) is 0 Å². The molecule has 12 rings (SSSR count). The normalized spacial score (nSPS) is 13.5. The number of amides is 1. The summed E-state index contributed by atoms with van der Waals surface area (Å²) in [5, 5.41) is 76.7. The maximum atomic E-state index is 12.4. The van der Waals surface area contributed by atoms with Crippen LogP contribution in [0.3, 0.4) is 0 Å². The number of nitrogens with zero attached hydrogens (tertiary/aromatic N) is 24. The lowest BCUT2D eigenvalue weighted by Crippen LogP contribution is -2.40. The first-order valence-corrected chi connectivity index (χ1v) is 37.3. The minimum absolute atomic E-state index is 0.0273. The van der Waals surface area contributed by atoms with Crippen molar-refractivity contribution < 1.29 is 46.4 Å². The first kappa shape index (κ1) is 85.0. The molecule has 8 N–H and O–H groups in total. The zero-order valence-electron chi connectivity index (χ0n) is 60.2. The molecule has 0 atom stereocenters. The lowest BCUT2D eigenvalue weighted by molar-refractivity contribution is 0.0404. The van der Waals surface area contributed by atoms with Gasteiger partial charge in [-0.3, -0.25) is 8.61 Å². The van der Waals surface area contributed by atoms with Crippen molar-refractivity contribution in [2.75, 3.05) is 71.9 Å². The SMILES string of the molecule is CC(C)(C)OC(=O)N1CCN(c2ccnc(N)c2)S1(=O)=O.CC(C)(CCO)CCO.CCn1nnc(-c2ccc(Cl)nc2)n1.CCn1nnc(-c2ccc(Cl)nc2)n1.CCn1nnc(-c2ccc(OCCC(C)(C)CCO)nc2)n1.Clc1ccc(-c2nn[nH]n2)cn1.Nc1cc(N2CCCS2(=O)=O)ccn1. The number of aromatic amines is 1. The van der Waals surface area contributed by atoms with Gasteiger partial charge in [-0.15, -0.1) is 40.8 Å². The van der Waals surface area contributed by atoms with Crippen LogP contribution in [0.15, 0.2) is 110 Å². The Balaban J connectivity index is 0.000000197. The number of hydrogen-bond donors (Lipinski definition) is 6. The van der Waals surface area contributed by atoms with E-state index in [4.69, 9.17) is 71.1 Å². The molecule has 42 heteroatoms. The molecule has 0 aromatic carbocycles. The maximum absolute atomic E-state index is 12.4. The molecule has 0 bridgehead atoms. The zero-order valence-corrected chi connectivity index (χ0v) is 64.1. The van der Waals surface area contributed by atoms with Gasteiger partial charge in [0.25, 0.3) is 0 Å². The van der Waals surface area contributed by atoms with Crippen LogP contribution in [0.25, 0.3) is 45.6 Å². The fourth-order valence-corrected chi connectivity index (χ4v) is 12.2. The number of carbonyl (C=O) groups is 1. The number of aryl methyl sites for hydroxylation is 3. The van der Waals surface area contributed by atoms with E-state index in [9.17, 15) is 21.6 Å². The second-order valence-corrected chi connectivity index (χ2v) is 30.2. The summed E-state index contributed by atoms with van der Waals surface area (Å²) in [4.78, 5) is 40.2. The quantitative estimate of drug-likeness (QED) is 0.0424. The predicted octanol–water partition coefficient (Wildman–Crippen LogP) is 7.61. The number of rotatable bonds is 19. The third kappa shape index (κ3) is 27.5. The fourth-order valence-electron chi connectivity index (χ4n) is 8.88. The average Bonchev–Trinajstić information content (AvgIpc) is 1.61. The van der Waals surface area contributed by atoms with Gasteiger partial charge in [-0.1, -0.05) is 62.5 Å². The highest BCUT2D eigenvalue weighted by molar-refractivity contribution is 7.93. The van der Waals surface area contributed by atoms with Gasteiger partial charge in [-0.05, 0) is 160 Å². The molecular formula is C64H88Cl3N27O10S2. The molecule has 10 aromatic rings. The topological polar surface area (TPSA) is 489 Å². The van der Waals surface area contributed by atoms with Crippen LogP contribution in [-0.4, -0.2) is 211 Å². The molecule has 572 valence electrons. The van der Waals surface area contributed by atoms with Gasteiger partial charge in [-0.2, -0.15) is 32.3 Å². The molecule has 2 aliphatic rings. The van der Waals surface area contributed by atoms with Gasteiger partial charge in [0.05, 0.1) is 56.5 Å². The van der Waals surface area contributed by atoms with E-state index < -0.39 is 31.9 Å². The van der Waals surface area contributed by atoms with Crippen molar-refractivity contribution in [2.24, 2.45) is 10.8 Å². The lowest BCUT2D eigenvalue weighted by atomic mass is 9.86. The number of nitrogens with one attached hydrogen (secondary N) is 1. The number of tetrazole rings is 4. The number of halogens is 3. The van der Waals surface area contributed by atoms with E-state index in [0.717, 1.165) is 56.5 Å². The second kappa shape index (κ2) is 40.6. The van der Waals surface area contributed by atoms with Crippen LogP contribution in [0.5, 0.6) is 5.88 Å². The van der Waals surface area contributed by atoms with Crippen LogP contribution in [0.4, 0.5) is 27.8 Å². The van der Waals surface area contributed by atoms with E-state index in [1.54, 1.807) is 88.0 Å². The lowest BCUT2D eigenvalue weighted by Gasteiger charge is -2.24. The summed E-state index contributed by atoms with van der Waals surface area (Å²) in [6.45, 7) is 23.2. The number of hydrogen-bond acceptors (Lipinski definition) is 30. The maximum Gasteiger partial charge on any atom is 0.425 e. The van der Waals surface area contributed by atoms with Crippen LogP contribution < -0.4 is 24.8 Å². The van der Waals surface area contributed by atoms with Crippen LogP contribution in [0.2, 0.25) is 15.5 Å². The van der Waals surface area contributed by atoms with Crippen LogP contribution in [-0.2, 0) is 44.6 Å². The van der Waals surface area contributed by atoms with Gasteiger partial charge in [0.1, 0.15) is 32.7 Å². The summed E-state index contributed by atoms with van der Waals surface area (Å²) < 4.78 is 61.9. The Labute approximate surface area is 628 Å². The molecule has 1 amide bonds. The number of nitrogens with two attached hydrogens (primary N) is 2. The highest BCUT2D eigenvalue weighted by Crippen LogP contribution is 2.30. The highest BCUT2D eigenvalue weighted by Gasteiger charge is 2.42. The molecule has 37 nitrogen and oxygen atoms in total. The van der Waals surface area contributed by atoms with Crippen LogP contribution >= 0.6 is 34.8 Å².